The molecular weight excluding hydrogens is 251 g/mol. The number of alkyl halides is 3. The van der Waals surface area contributed by atoms with Gasteiger partial charge in [-0.2, -0.15) is 13.2 Å². The third-order valence-electron chi connectivity index (χ3n) is 2.64. The zero-order valence-electron chi connectivity index (χ0n) is 9.31. The van der Waals surface area contributed by atoms with Crippen LogP contribution in [0.4, 0.5) is 29.5 Å². The van der Waals surface area contributed by atoms with E-state index in [2.05, 4.69) is 9.72 Å². The maximum absolute atomic E-state index is 12.6. The molecule has 1 amide bonds. The Morgan fingerprint density at radius 1 is 1.50 bits per heavy atom. The van der Waals surface area contributed by atoms with Crippen LogP contribution < -0.4 is 10.6 Å². The van der Waals surface area contributed by atoms with E-state index in [-0.39, 0.29) is 11.5 Å². The highest BCUT2D eigenvalue weighted by molar-refractivity contribution is 5.92. The number of ether oxygens (including phenoxy) is 1. The van der Waals surface area contributed by atoms with Crippen LogP contribution in [0.3, 0.4) is 0 Å². The normalized spacial score (nSPS) is 24.2. The third-order valence-corrected chi connectivity index (χ3v) is 2.64. The van der Waals surface area contributed by atoms with Gasteiger partial charge < -0.3 is 10.5 Å². The van der Waals surface area contributed by atoms with Crippen LogP contribution in [0.5, 0.6) is 0 Å². The number of amides is 1. The van der Waals surface area contributed by atoms with Crippen LogP contribution in [0.15, 0.2) is 18.3 Å². The van der Waals surface area contributed by atoms with Crippen molar-refractivity contribution in [2.45, 2.75) is 25.2 Å². The molecule has 8 heteroatoms. The number of nitrogens with two attached hydrogens (primary N) is 1. The summed E-state index contributed by atoms with van der Waals surface area (Å²) >= 11 is 0. The maximum Gasteiger partial charge on any atom is 0.427 e. The Hall–Kier alpha value is -1.99. The number of nitrogen functional groups attached to an aromatic ring is 1. The first-order valence-corrected chi connectivity index (χ1v) is 5.09. The summed E-state index contributed by atoms with van der Waals surface area (Å²) in [4.78, 5) is 16.1. The Bertz CT molecular complexity index is 478. The van der Waals surface area contributed by atoms with Gasteiger partial charge in [0.1, 0.15) is 0 Å². The van der Waals surface area contributed by atoms with Gasteiger partial charge in [-0.05, 0) is 19.1 Å². The topological polar surface area (TPSA) is 68.5 Å². The lowest BCUT2D eigenvalue weighted by atomic mass is 10.1. The summed E-state index contributed by atoms with van der Waals surface area (Å²) in [6.07, 6.45) is -6.55. The Morgan fingerprint density at radius 3 is 2.67 bits per heavy atom. The average molecular weight is 261 g/mol. The molecule has 1 aromatic rings. The molecule has 1 saturated heterocycles. The predicted octanol–water partition coefficient (Wildman–Crippen LogP) is 1.94. The summed E-state index contributed by atoms with van der Waals surface area (Å²) in [5, 5.41) is 0. The molecular formula is C10H10F3N3O2. The number of halogens is 3. The summed E-state index contributed by atoms with van der Waals surface area (Å²) in [5.41, 5.74) is 5.70. The van der Waals surface area contributed by atoms with Gasteiger partial charge >= 0.3 is 12.3 Å². The molecule has 2 heterocycles. The number of hydrogen-bond acceptors (Lipinski definition) is 4. The van der Waals surface area contributed by atoms with E-state index < -0.39 is 24.4 Å². The van der Waals surface area contributed by atoms with E-state index in [0.717, 1.165) is 4.90 Å². The fourth-order valence-corrected chi connectivity index (χ4v) is 1.80. The van der Waals surface area contributed by atoms with E-state index >= 15 is 0 Å². The summed E-state index contributed by atoms with van der Waals surface area (Å²) in [7, 11) is 0. The number of aromatic nitrogens is 1. The van der Waals surface area contributed by atoms with E-state index in [4.69, 9.17) is 5.73 Å². The number of cyclic esters (lactones) is 1. The first-order chi connectivity index (χ1) is 8.32. The van der Waals surface area contributed by atoms with Crippen molar-refractivity contribution in [1.29, 1.82) is 0 Å². The standard InChI is InChI=1S/C10H10F3N3O2/c1-5-7(10(11,12)13)18-9(17)16(5)8-6(14)3-2-4-15-8/h2-5,7H,14H2,1H3/t5-,7+/m1/s1. The summed E-state index contributed by atoms with van der Waals surface area (Å²) in [6, 6.07) is 1.75. The van der Waals surface area contributed by atoms with Gasteiger partial charge in [-0.3, -0.25) is 4.90 Å². The van der Waals surface area contributed by atoms with Gasteiger partial charge in [-0.25, -0.2) is 9.78 Å². The molecule has 1 aliphatic rings. The van der Waals surface area contributed by atoms with E-state index in [1.165, 1.54) is 25.3 Å². The van der Waals surface area contributed by atoms with E-state index in [0.29, 0.717) is 0 Å². The van der Waals surface area contributed by atoms with Crippen molar-refractivity contribution in [1.82, 2.24) is 4.98 Å². The van der Waals surface area contributed by atoms with E-state index in [9.17, 15) is 18.0 Å². The van der Waals surface area contributed by atoms with E-state index in [1.54, 1.807) is 0 Å². The van der Waals surface area contributed by atoms with Crippen molar-refractivity contribution in [3.05, 3.63) is 18.3 Å². The minimum Gasteiger partial charge on any atom is -0.434 e. The molecule has 1 fully saturated rings. The fourth-order valence-electron chi connectivity index (χ4n) is 1.80. The Labute approximate surface area is 100 Å². The average Bonchev–Trinajstić information content (AvgIpc) is 2.55. The molecule has 0 radical (unpaired) electrons. The molecule has 2 rings (SSSR count). The quantitative estimate of drug-likeness (QED) is 0.838. The Kier molecular flexibility index (Phi) is 2.80. The lowest BCUT2D eigenvalue weighted by molar-refractivity contribution is -0.198. The van der Waals surface area contributed by atoms with Crippen molar-refractivity contribution in [3.8, 4) is 0 Å². The molecule has 2 N–H and O–H groups in total. The predicted molar refractivity (Wildman–Crippen MR) is 56.9 cm³/mol. The van der Waals surface area contributed by atoms with Crippen LogP contribution >= 0.6 is 0 Å². The minimum absolute atomic E-state index is 0.0262. The second-order valence-corrected chi connectivity index (χ2v) is 3.87. The van der Waals surface area contributed by atoms with Crippen LogP contribution in [-0.2, 0) is 4.74 Å². The largest absolute Gasteiger partial charge is 0.434 e. The molecule has 0 bridgehead atoms. The van der Waals surface area contributed by atoms with E-state index in [1.807, 2.05) is 0 Å². The molecule has 18 heavy (non-hydrogen) atoms. The van der Waals surface area contributed by atoms with Gasteiger partial charge in [-0.1, -0.05) is 0 Å². The van der Waals surface area contributed by atoms with Crippen molar-refractivity contribution in [2.75, 3.05) is 10.6 Å². The molecule has 5 nitrogen and oxygen atoms in total. The van der Waals surface area contributed by atoms with Crippen LogP contribution in [0.1, 0.15) is 6.92 Å². The number of carbonyl (C=O) groups is 1. The zero-order chi connectivity index (χ0) is 13.5. The first kappa shape index (κ1) is 12.5. The fraction of sp³-hybridized carbons (Fsp3) is 0.400. The van der Waals surface area contributed by atoms with Gasteiger partial charge in [0, 0.05) is 6.20 Å². The monoisotopic (exact) mass is 261 g/mol. The van der Waals surface area contributed by atoms with Gasteiger partial charge in [0.05, 0.1) is 11.7 Å². The number of nitrogens with zero attached hydrogens (tertiary/aromatic N) is 2. The van der Waals surface area contributed by atoms with Crippen LogP contribution in [0, 0.1) is 0 Å². The van der Waals surface area contributed by atoms with Crippen molar-refractivity contribution in [3.63, 3.8) is 0 Å². The molecule has 98 valence electrons. The molecule has 2 atom stereocenters. The number of rotatable bonds is 1. The van der Waals surface area contributed by atoms with Crippen molar-refractivity contribution >= 4 is 17.6 Å². The zero-order valence-corrected chi connectivity index (χ0v) is 9.31. The highest BCUT2D eigenvalue weighted by atomic mass is 19.4. The summed E-state index contributed by atoms with van der Waals surface area (Å²) in [5.74, 6) is -0.0262. The van der Waals surface area contributed by atoms with Gasteiger partial charge in [-0.15, -0.1) is 0 Å². The Balaban J connectivity index is 2.36. The smallest absolute Gasteiger partial charge is 0.427 e. The summed E-state index contributed by atoms with van der Waals surface area (Å²) < 4.78 is 42.2. The second-order valence-electron chi connectivity index (χ2n) is 3.87. The molecule has 0 aliphatic carbocycles. The number of anilines is 2. The maximum atomic E-state index is 12.6. The molecule has 0 aromatic carbocycles. The van der Waals surface area contributed by atoms with Gasteiger partial charge in [0.25, 0.3) is 0 Å². The summed E-state index contributed by atoms with van der Waals surface area (Å²) in [6.45, 7) is 1.23. The van der Waals surface area contributed by atoms with Crippen LogP contribution in [0.25, 0.3) is 0 Å². The van der Waals surface area contributed by atoms with Gasteiger partial charge in [0.15, 0.2) is 5.82 Å². The Morgan fingerprint density at radius 2 is 2.17 bits per heavy atom. The number of pyridine rings is 1. The number of hydrogen-bond donors (Lipinski definition) is 1. The molecule has 1 aliphatic heterocycles. The number of carbonyl (C=O) groups excluding carboxylic acids is 1. The lowest BCUT2D eigenvalue weighted by Gasteiger charge is -2.21. The van der Waals surface area contributed by atoms with Crippen LogP contribution in [0.2, 0.25) is 0 Å². The molecule has 0 unspecified atom stereocenters. The second kappa shape index (κ2) is 4.04. The molecule has 0 spiro atoms. The van der Waals surface area contributed by atoms with Crippen LogP contribution in [-0.4, -0.2) is 29.4 Å². The minimum atomic E-state index is -4.62. The first-order valence-electron chi connectivity index (χ1n) is 5.09. The third kappa shape index (κ3) is 1.93. The SMILES string of the molecule is C[C@@H]1[C@@H](C(F)(F)F)OC(=O)N1c1ncccc1N. The highest BCUT2D eigenvalue weighted by Gasteiger charge is 2.55. The van der Waals surface area contributed by atoms with Gasteiger partial charge in [0.2, 0.25) is 6.10 Å². The molecule has 0 saturated carbocycles. The lowest BCUT2D eigenvalue weighted by Crippen LogP contribution is -2.41. The highest BCUT2D eigenvalue weighted by Crippen LogP contribution is 2.36. The van der Waals surface area contributed by atoms with Crippen molar-refractivity contribution in [2.24, 2.45) is 0 Å². The van der Waals surface area contributed by atoms with Crippen molar-refractivity contribution < 1.29 is 22.7 Å². The molecule has 1 aromatic heterocycles.